The summed E-state index contributed by atoms with van der Waals surface area (Å²) in [6, 6.07) is 9.02. The van der Waals surface area contributed by atoms with E-state index < -0.39 is 11.9 Å². The first-order valence-electron chi connectivity index (χ1n) is 8.62. The lowest BCUT2D eigenvalue weighted by Gasteiger charge is -2.17. The van der Waals surface area contributed by atoms with Crippen LogP contribution in [0.25, 0.3) is 4.96 Å². The maximum absolute atomic E-state index is 12.4. The Morgan fingerprint density at radius 3 is 3.04 bits per heavy atom. The monoisotopic (exact) mass is 415 g/mol. The van der Waals surface area contributed by atoms with Gasteiger partial charge in [-0.2, -0.15) is 0 Å². The third-order valence-electron chi connectivity index (χ3n) is 4.54. The van der Waals surface area contributed by atoms with E-state index in [1.54, 1.807) is 28.2 Å². The lowest BCUT2D eigenvalue weighted by atomic mass is 10.1. The van der Waals surface area contributed by atoms with Crippen molar-refractivity contribution in [3.63, 3.8) is 0 Å². The van der Waals surface area contributed by atoms with E-state index in [9.17, 15) is 14.4 Å². The van der Waals surface area contributed by atoms with Gasteiger partial charge in [0.1, 0.15) is 6.61 Å². The Labute approximate surface area is 169 Å². The van der Waals surface area contributed by atoms with Crippen LogP contribution >= 0.6 is 23.1 Å². The third-order valence-corrected chi connectivity index (χ3v) is 6.02. The summed E-state index contributed by atoms with van der Waals surface area (Å²) >= 11 is 2.93. The molecular weight excluding hydrogens is 398 g/mol. The van der Waals surface area contributed by atoms with Crippen molar-refractivity contribution in [2.24, 2.45) is 5.92 Å². The Balaban J connectivity index is 1.42. The van der Waals surface area contributed by atoms with E-state index in [2.05, 4.69) is 4.98 Å². The van der Waals surface area contributed by atoms with E-state index in [1.165, 1.54) is 21.8 Å². The lowest BCUT2D eigenvalue weighted by Crippen LogP contribution is -2.26. The van der Waals surface area contributed by atoms with Gasteiger partial charge in [0.25, 0.3) is 5.56 Å². The molecule has 1 fully saturated rings. The molecular formula is C19H17N3O4S2. The molecule has 144 valence electrons. The lowest BCUT2D eigenvalue weighted by molar-refractivity contribution is -0.149. The Bertz CT molecular complexity index is 1110. The van der Waals surface area contributed by atoms with E-state index in [4.69, 9.17) is 4.74 Å². The first-order valence-corrected chi connectivity index (χ1v) is 10.7. The van der Waals surface area contributed by atoms with Gasteiger partial charge in [0, 0.05) is 41.2 Å². The molecule has 2 aromatic heterocycles. The van der Waals surface area contributed by atoms with Crippen LogP contribution in [0.2, 0.25) is 0 Å². The molecule has 1 aliphatic heterocycles. The molecule has 4 rings (SSSR count). The topological polar surface area (TPSA) is 81.0 Å². The number of nitrogens with zero attached hydrogens (tertiary/aromatic N) is 3. The number of rotatable bonds is 5. The molecule has 0 radical (unpaired) electrons. The zero-order chi connectivity index (χ0) is 19.7. The molecule has 1 aliphatic rings. The van der Waals surface area contributed by atoms with Crippen molar-refractivity contribution in [2.45, 2.75) is 17.9 Å². The maximum atomic E-state index is 12.4. The number of thioether (sulfide) groups is 1. The van der Waals surface area contributed by atoms with Crippen LogP contribution < -0.4 is 10.5 Å². The van der Waals surface area contributed by atoms with E-state index in [-0.39, 0.29) is 31.0 Å². The number of esters is 1. The predicted molar refractivity (Wildman–Crippen MR) is 108 cm³/mol. The Morgan fingerprint density at radius 1 is 1.36 bits per heavy atom. The Morgan fingerprint density at radius 2 is 2.21 bits per heavy atom. The van der Waals surface area contributed by atoms with Crippen molar-refractivity contribution >= 4 is 45.6 Å². The Hall–Kier alpha value is -2.65. The smallest absolute Gasteiger partial charge is 0.311 e. The van der Waals surface area contributed by atoms with Crippen LogP contribution in [-0.4, -0.2) is 34.1 Å². The Kier molecular flexibility index (Phi) is 5.19. The predicted octanol–water partition coefficient (Wildman–Crippen LogP) is 2.57. The fourth-order valence-corrected chi connectivity index (χ4v) is 4.31. The van der Waals surface area contributed by atoms with Crippen molar-refractivity contribution in [1.82, 2.24) is 9.38 Å². The molecule has 0 unspecified atom stereocenters. The second-order valence-corrected chi connectivity index (χ2v) is 8.11. The highest BCUT2D eigenvalue weighted by Crippen LogP contribution is 2.28. The summed E-state index contributed by atoms with van der Waals surface area (Å²) in [4.78, 5) is 44.4. The minimum Gasteiger partial charge on any atom is -0.459 e. The van der Waals surface area contributed by atoms with Crippen LogP contribution in [0.3, 0.4) is 0 Å². The average molecular weight is 415 g/mol. The molecule has 1 aromatic carbocycles. The summed E-state index contributed by atoms with van der Waals surface area (Å²) in [5, 5.41) is 1.77. The summed E-state index contributed by atoms with van der Waals surface area (Å²) in [5.41, 5.74) is 0.966. The van der Waals surface area contributed by atoms with Crippen LogP contribution in [0, 0.1) is 5.92 Å². The second kappa shape index (κ2) is 7.76. The number of hydrogen-bond donors (Lipinski definition) is 0. The number of carbonyl (C=O) groups excluding carboxylic acids is 2. The zero-order valence-corrected chi connectivity index (χ0v) is 16.7. The molecule has 0 N–H and O–H groups in total. The van der Waals surface area contributed by atoms with Gasteiger partial charge < -0.3 is 9.64 Å². The molecule has 7 nitrogen and oxygen atoms in total. The van der Waals surface area contributed by atoms with Crippen LogP contribution in [0.5, 0.6) is 0 Å². The van der Waals surface area contributed by atoms with Crippen molar-refractivity contribution in [1.29, 1.82) is 0 Å². The number of fused-ring (bicyclic) bond motifs is 1. The summed E-state index contributed by atoms with van der Waals surface area (Å²) in [7, 11) is 0. The van der Waals surface area contributed by atoms with Crippen LogP contribution in [0.15, 0.2) is 51.6 Å². The van der Waals surface area contributed by atoms with Crippen LogP contribution in [0.4, 0.5) is 5.69 Å². The van der Waals surface area contributed by atoms with Gasteiger partial charge >= 0.3 is 5.97 Å². The molecule has 3 aromatic rings. The molecule has 1 amide bonds. The highest BCUT2D eigenvalue weighted by Gasteiger charge is 2.36. The minimum atomic E-state index is -0.531. The molecule has 0 spiro atoms. The highest BCUT2D eigenvalue weighted by molar-refractivity contribution is 7.98. The summed E-state index contributed by atoms with van der Waals surface area (Å²) in [6.45, 7) is 0.199. The maximum Gasteiger partial charge on any atom is 0.311 e. The molecule has 9 heteroatoms. The number of benzene rings is 1. The summed E-state index contributed by atoms with van der Waals surface area (Å²) in [6.07, 6.45) is 3.73. The van der Waals surface area contributed by atoms with Crippen molar-refractivity contribution in [3.8, 4) is 0 Å². The van der Waals surface area contributed by atoms with E-state index in [0.29, 0.717) is 10.7 Å². The quantitative estimate of drug-likeness (QED) is 0.471. The number of hydrogen-bond acceptors (Lipinski definition) is 7. The van der Waals surface area contributed by atoms with Gasteiger partial charge in [-0.15, -0.1) is 23.1 Å². The number of amides is 1. The van der Waals surface area contributed by atoms with Gasteiger partial charge in [-0.3, -0.25) is 18.8 Å². The third kappa shape index (κ3) is 3.67. The number of ether oxygens (including phenoxy) is 1. The first kappa shape index (κ1) is 18.7. The molecule has 28 heavy (non-hydrogen) atoms. The highest BCUT2D eigenvalue weighted by atomic mass is 32.2. The van der Waals surface area contributed by atoms with E-state index in [0.717, 1.165) is 10.6 Å². The van der Waals surface area contributed by atoms with Crippen molar-refractivity contribution < 1.29 is 14.3 Å². The minimum absolute atomic E-state index is 0.0882. The van der Waals surface area contributed by atoms with Crippen molar-refractivity contribution in [2.75, 3.05) is 17.7 Å². The SMILES string of the molecule is CSc1cccc(N2C[C@@H](C(=O)OCc3cc(=O)n4ccsc4n3)CC2=O)c1. The molecule has 1 atom stereocenters. The molecule has 3 heterocycles. The summed E-state index contributed by atoms with van der Waals surface area (Å²) < 4.78 is 6.78. The number of aromatic nitrogens is 2. The molecule has 0 aliphatic carbocycles. The largest absolute Gasteiger partial charge is 0.459 e. The van der Waals surface area contributed by atoms with E-state index >= 15 is 0 Å². The number of carbonyl (C=O) groups is 2. The van der Waals surface area contributed by atoms with Gasteiger partial charge in [0.05, 0.1) is 11.6 Å². The van der Waals surface area contributed by atoms with Gasteiger partial charge in [-0.25, -0.2) is 4.98 Å². The van der Waals surface area contributed by atoms with Crippen molar-refractivity contribution in [3.05, 3.63) is 58.0 Å². The molecule has 0 bridgehead atoms. The molecule has 0 saturated carbocycles. The zero-order valence-electron chi connectivity index (χ0n) is 15.0. The normalized spacial score (nSPS) is 16.7. The van der Waals surface area contributed by atoms with Gasteiger partial charge in [0.15, 0.2) is 4.96 Å². The summed E-state index contributed by atoms with van der Waals surface area (Å²) in [5.74, 6) is -1.08. The van der Waals surface area contributed by atoms with Gasteiger partial charge in [-0.1, -0.05) is 6.07 Å². The van der Waals surface area contributed by atoms with Gasteiger partial charge in [0.2, 0.25) is 5.91 Å². The number of thiazole rings is 1. The van der Waals surface area contributed by atoms with Gasteiger partial charge in [-0.05, 0) is 24.5 Å². The fourth-order valence-electron chi connectivity index (χ4n) is 3.12. The van der Waals surface area contributed by atoms with Crippen LogP contribution in [-0.2, 0) is 20.9 Å². The standard InChI is InChI=1S/C19H17N3O4S2/c1-27-15-4-2-3-14(9-15)22-10-12(7-16(22)23)18(25)26-11-13-8-17(24)21-5-6-28-19(21)20-13/h2-6,8-9,12H,7,10-11H2,1H3/t12-/m0/s1. The molecule has 1 saturated heterocycles. The fraction of sp³-hybridized carbons (Fsp3) is 0.263. The van der Waals surface area contributed by atoms with E-state index in [1.807, 2.05) is 30.5 Å². The first-order chi connectivity index (χ1) is 13.5. The second-order valence-electron chi connectivity index (χ2n) is 6.36. The average Bonchev–Trinajstić information content (AvgIpc) is 3.33. The van der Waals surface area contributed by atoms with Crippen LogP contribution in [0.1, 0.15) is 12.1 Å². The number of anilines is 1.